The van der Waals surface area contributed by atoms with E-state index < -0.39 is 5.82 Å². The monoisotopic (exact) mass is 232 g/mol. The van der Waals surface area contributed by atoms with Crippen molar-refractivity contribution in [1.29, 1.82) is 0 Å². The Morgan fingerprint density at radius 1 is 1.42 bits per heavy atom. The van der Waals surface area contributed by atoms with Crippen LogP contribution in [0.3, 0.4) is 0 Å². The summed E-state index contributed by atoms with van der Waals surface area (Å²) < 4.78 is 13.1. The smallest absolute Gasteiger partial charge is 0.154 e. The number of rotatable bonds is 1. The second kappa shape index (κ2) is 5.89. The molecule has 0 bridgehead atoms. The van der Waals surface area contributed by atoms with Crippen LogP contribution in [0.1, 0.15) is 24.2 Å². The largest absolute Gasteiger partial charge is 0.298 e. The van der Waals surface area contributed by atoms with Gasteiger partial charge in [-0.25, -0.2) is 4.39 Å². The zero-order valence-corrected chi connectivity index (χ0v) is 8.56. The topological polar surface area (TPSA) is 17.1 Å². The molecule has 66 valence electrons. The van der Waals surface area contributed by atoms with Crippen molar-refractivity contribution in [3.63, 3.8) is 0 Å². The van der Waals surface area contributed by atoms with Gasteiger partial charge in [-0.05, 0) is 28.1 Å². The molecular weight excluding hydrogens is 223 g/mol. The first-order valence-electron chi connectivity index (χ1n) is 3.65. The zero-order chi connectivity index (χ0) is 9.56. The van der Waals surface area contributed by atoms with E-state index in [1.165, 1.54) is 12.1 Å². The molecule has 0 spiro atoms. The zero-order valence-electron chi connectivity index (χ0n) is 6.97. The van der Waals surface area contributed by atoms with Crippen molar-refractivity contribution >= 4 is 22.2 Å². The quantitative estimate of drug-likeness (QED) is 0.679. The molecule has 0 atom stereocenters. The highest BCUT2D eigenvalue weighted by Crippen LogP contribution is 2.16. The van der Waals surface area contributed by atoms with E-state index in [1.807, 2.05) is 13.8 Å². The molecule has 3 heteroatoms. The van der Waals surface area contributed by atoms with Crippen LogP contribution in [0.25, 0.3) is 0 Å². The molecule has 0 aliphatic heterocycles. The number of carbonyl (C=O) groups is 1. The Bertz CT molecular complexity index is 240. The van der Waals surface area contributed by atoms with Crippen LogP contribution in [-0.4, -0.2) is 6.29 Å². The maximum Gasteiger partial charge on any atom is 0.154 e. The Kier molecular flexibility index (Phi) is 5.54. The van der Waals surface area contributed by atoms with Gasteiger partial charge in [-0.1, -0.05) is 19.9 Å². The summed E-state index contributed by atoms with van der Waals surface area (Å²) in [6.07, 6.45) is 0.486. The molecule has 0 saturated heterocycles. The van der Waals surface area contributed by atoms with Gasteiger partial charge in [0.1, 0.15) is 5.82 Å². The van der Waals surface area contributed by atoms with Crippen molar-refractivity contribution in [2.24, 2.45) is 0 Å². The molecule has 0 radical (unpaired) electrons. The average molecular weight is 233 g/mol. The molecule has 1 nitrogen and oxygen atoms in total. The standard InChI is InChI=1S/C7H4BrFO.C2H6/c8-6-2-1-3-7(9)5(6)4-10;1-2/h1-4H;1-2H3. The summed E-state index contributed by atoms with van der Waals surface area (Å²) in [7, 11) is 0. The molecule has 0 aromatic heterocycles. The summed E-state index contributed by atoms with van der Waals surface area (Å²) in [4.78, 5) is 10.2. The van der Waals surface area contributed by atoms with Crippen LogP contribution in [0.4, 0.5) is 4.39 Å². The molecule has 12 heavy (non-hydrogen) atoms. The van der Waals surface area contributed by atoms with E-state index in [2.05, 4.69) is 15.9 Å². The second-order valence-corrected chi connectivity index (χ2v) is 2.61. The lowest BCUT2D eigenvalue weighted by Gasteiger charge is -1.94. The van der Waals surface area contributed by atoms with Crippen molar-refractivity contribution in [1.82, 2.24) is 0 Å². The van der Waals surface area contributed by atoms with Crippen LogP contribution in [0.15, 0.2) is 22.7 Å². The average Bonchev–Trinajstić information content (AvgIpc) is 2.08. The predicted molar refractivity (Wildman–Crippen MR) is 50.8 cm³/mol. The second-order valence-electron chi connectivity index (χ2n) is 1.75. The lowest BCUT2D eigenvalue weighted by Crippen LogP contribution is -1.87. The maximum atomic E-state index is 12.6. The highest BCUT2D eigenvalue weighted by molar-refractivity contribution is 9.10. The van der Waals surface area contributed by atoms with Crippen LogP contribution >= 0.6 is 15.9 Å². The van der Waals surface area contributed by atoms with Gasteiger partial charge in [-0.15, -0.1) is 0 Å². The van der Waals surface area contributed by atoms with Crippen LogP contribution in [0.2, 0.25) is 0 Å². The van der Waals surface area contributed by atoms with Gasteiger partial charge in [-0.3, -0.25) is 4.79 Å². The van der Waals surface area contributed by atoms with Gasteiger partial charge in [-0.2, -0.15) is 0 Å². The van der Waals surface area contributed by atoms with E-state index in [-0.39, 0.29) is 5.56 Å². The number of halogens is 2. The summed E-state index contributed by atoms with van der Waals surface area (Å²) in [6, 6.07) is 4.40. The van der Waals surface area contributed by atoms with Crippen molar-refractivity contribution in [3.8, 4) is 0 Å². The van der Waals surface area contributed by atoms with E-state index >= 15 is 0 Å². The van der Waals surface area contributed by atoms with E-state index in [0.717, 1.165) is 0 Å². The fraction of sp³-hybridized carbons (Fsp3) is 0.222. The molecular formula is C9H10BrFO. The number of hydrogen-bond acceptors (Lipinski definition) is 1. The molecule has 0 N–H and O–H groups in total. The highest BCUT2D eigenvalue weighted by Gasteiger charge is 2.02. The van der Waals surface area contributed by atoms with Crippen molar-refractivity contribution in [2.45, 2.75) is 13.8 Å². The molecule has 1 rings (SSSR count). The minimum Gasteiger partial charge on any atom is -0.298 e. The van der Waals surface area contributed by atoms with Gasteiger partial charge < -0.3 is 0 Å². The van der Waals surface area contributed by atoms with E-state index in [0.29, 0.717) is 10.8 Å². The number of aldehydes is 1. The molecule has 0 fully saturated rings. The summed E-state index contributed by atoms with van der Waals surface area (Å²) in [5.41, 5.74) is 0.0718. The summed E-state index contributed by atoms with van der Waals surface area (Å²) in [5.74, 6) is -0.496. The van der Waals surface area contributed by atoms with Crippen LogP contribution in [0, 0.1) is 5.82 Å². The molecule has 1 aromatic carbocycles. The van der Waals surface area contributed by atoms with Crippen LogP contribution in [0.5, 0.6) is 0 Å². The third kappa shape index (κ3) is 2.74. The van der Waals surface area contributed by atoms with Crippen LogP contribution in [-0.2, 0) is 0 Å². The minimum atomic E-state index is -0.496. The van der Waals surface area contributed by atoms with Crippen LogP contribution < -0.4 is 0 Å². The number of benzene rings is 1. The van der Waals surface area contributed by atoms with E-state index in [4.69, 9.17) is 0 Å². The summed E-state index contributed by atoms with van der Waals surface area (Å²) in [6.45, 7) is 4.00. The molecule has 0 amide bonds. The molecule has 0 aliphatic rings. The third-order valence-corrected chi connectivity index (χ3v) is 1.81. The predicted octanol–water partition coefficient (Wildman–Crippen LogP) is 3.43. The number of carbonyl (C=O) groups excluding carboxylic acids is 1. The lowest BCUT2D eigenvalue weighted by atomic mass is 10.2. The van der Waals surface area contributed by atoms with Gasteiger partial charge in [0, 0.05) is 4.47 Å². The maximum absolute atomic E-state index is 12.6. The number of hydrogen-bond donors (Lipinski definition) is 0. The van der Waals surface area contributed by atoms with Crippen molar-refractivity contribution in [2.75, 3.05) is 0 Å². The summed E-state index contributed by atoms with van der Waals surface area (Å²) >= 11 is 3.04. The highest BCUT2D eigenvalue weighted by atomic mass is 79.9. The van der Waals surface area contributed by atoms with Gasteiger partial charge in [0.05, 0.1) is 5.56 Å². The fourth-order valence-corrected chi connectivity index (χ4v) is 1.06. The van der Waals surface area contributed by atoms with E-state index in [9.17, 15) is 9.18 Å². The van der Waals surface area contributed by atoms with Gasteiger partial charge >= 0.3 is 0 Å². The van der Waals surface area contributed by atoms with Gasteiger partial charge in [0.15, 0.2) is 6.29 Å². The molecule has 0 aliphatic carbocycles. The first kappa shape index (κ1) is 11.3. The Morgan fingerprint density at radius 3 is 2.33 bits per heavy atom. The van der Waals surface area contributed by atoms with E-state index in [1.54, 1.807) is 6.07 Å². The SMILES string of the molecule is CC.O=Cc1c(F)cccc1Br. The van der Waals surface area contributed by atoms with Gasteiger partial charge in [0.2, 0.25) is 0 Å². The molecule has 0 unspecified atom stereocenters. The molecule has 1 aromatic rings. The van der Waals surface area contributed by atoms with Crippen molar-refractivity contribution in [3.05, 3.63) is 34.1 Å². The first-order chi connectivity index (χ1) is 5.75. The Balaban J connectivity index is 0.000000561. The normalized spacial score (nSPS) is 8.33. The molecule has 0 heterocycles. The third-order valence-electron chi connectivity index (χ3n) is 1.12. The van der Waals surface area contributed by atoms with Gasteiger partial charge in [0.25, 0.3) is 0 Å². The summed E-state index contributed by atoms with van der Waals surface area (Å²) in [5, 5.41) is 0. The first-order valence-corrected chi connectivity index (χ1v) is 4.44. The minimum absolute atomic E-state index is 0.0718. The Labute approximate surface area is 79.7 Å². The Morgan fingerprint density at radius 2 is 2.00 bits per heavy atom. The Hall–Kier alpha value is -0.700. The van der Waals surface area contributed by atoms with Crippen molar-refractivity contribution < 1.29 is 9.18 Å². The molecule has 0 saturated carbocycles. The fourth-order valence-electron chi connectivity index (χ4n) is 0.623. The lowest BCUT2D eigenvalue weighted by molar-refractivity contribution is 0.111.